The molecule has 4 radical (unpaired) electrons. The summed E-state index contributed by atoms with van der Waals surface area (Å²) >= 11 is 0. The number of aryl methyl sites for hydroxylation is 1. The van der Waals surface area contributed by atoms with Gasteiger partial charge in [-0.1, -0.05) is 40.8 Å². The molecule has 0 amide bonds. The summed E-state index contributed by atoms with van der Waals surface area (Å²) in [4.78, 5) is 5.75. The molecule has 0 bridgehead atoms. The van der Waals surface area contributed by atoms with Crippen LogP contribution >= 0.6 is 0 Å². The minimum atomic E-state index is -0.271. The SMILES string of the molecule is [B]c1cc(C2=NOC3(CCCCC3)C2[B])ccc1C. The highest BCUT2D eigenvalue weighted by Crippen LogP contribution is 2.45. The third-order valence-corrected chi connectivity index (χ3v) is 4.46. The molecule has 1 aromatic carbocycles. The molecule has 1 aliphatic heterocycles. The van der Waals surface area contributed by atoms with Crippen molar-refractivity contribution in [1.29, 1.82) is 0 Å². The van der Waals surface area contributed by atoms with E-state index in [-0.39, 0.29) is 11.4 Å². The Morgan fingerprint density at radius 1 is 1.26 bits per heavy atom. The van der Waals surface area contributed by atoms with E-state index in [1.165, 1.54) is 19.3 Å². The van der Waals surface area contributed by atoms with Gasteiger partial charge in [0.2, 0.25) is 0 Å². The van der Waals surface area contributed by atoms with E-state index in [4.69, 9.17) is 20.5 Å². The molecule has 1 heterocycles. The lowest BCUT2D eigenvalue weighted by Crippen LogP contribution is -2.37. The van der Waals surface area contributed by atoms with Gasteiger partial charge in [0.25, 0.3) is 0 Å². The van der Waals surface area contributed by atoms with Crippen LogP contribution in [0.1, 0.15) is 43.2 Å². The van der Waals surface area contributed by atoms with Crippen molar-refractivity contribution in [2.24, 2.45) is 5.16 Å². The van der Waals surface area contributed by atoms with Crippen LogP contribution in [-0.2, 0) is 4.84 Å². The average Bonchev–Trinajstić information content (AvgIpc) is 2.72. The van der Waals surface area contributed by atoms with E-state index < -0.39 is 0 Å². The quantitative estimate of drug-likeness (QED) is 0.699. The molecule has 1 spiro atoms. The molecule has 1 atom stereocenters. The van der Waals surface area contributed by atoms with Crippen molar-refractivity contribution in [1.82, 2.24) is 0 Å². The van der Waals surface area contributed by atoms with Crippen LogP contribution < -0.4 is 5.46 Å². The summed E-state index contributed by atoms with van der Waals surface area (Å²) in [6.45, 7) is 1.99. The Bertz CT molecular complexity index is 521. The summed E-state index contributed by atoms with van der Waals surface area (Å²) in [5.41, 5.74) is 3.40. The highest BCUT2D eigenvalue weighted by molar-refractivity contribution is 6.35. The molecular weight excluding hydrogens is 232 g/mol. The Morgan fingerprint density at radius 3 is 2.68 bits per heavy atom. The lowest BCUT2D eigenvalue weighted by atomic mass is 9.64. The first-order valence-corrected chi connectivity index (χ1v) is 7.00. The molecule has 0 saturated heterocycles. The first kappa shape index (κ1) is 12.8. The molecule has 19 heavy (non-hydrogen) atoms. The van der Waals surface area contributed by atoms with E-state index in [0.29, 0.717) is 0 Å². The van der Waals surface area contributed by atoms with Crippen molar-refractivity contribution >= 4 is 26.9 Å². The van der Waals surface area contributed by atoms with E-state index in [9.17, 15) is 0 Å². The van der Waals surface area contributed by atoms with E-state index in [1.807, 2.05) is 25.1 Å². The van der Waals surface area contributed by atoms with Crippen LogP contribution in [0.2, 0.25) is 5.82 Å². The van der Waals surface area contributed by atoms with Crippen molar-refractivity contribution in [2.45, 2.75) is 50.4 Å². The van der Waals surface area contributed by atoms with Crippen LogP contribution in [0.4, 0.5) is 0 Å². The summed E-state index contributed by atoms with van der Waals surface area (Å²) in [6.07, 6.45) is 5.62. The zero-order chi connectivity index (χ0) is 13.5. The lowest BCUT2D eigenvalue weighted by molar-refractivity contribution is -0.0443. The number of oxime groups is 1. The summed E-state index contributed by atoms with van der Waals surface area (Å²) in [5, 5.41) is 4.27. The third-order valence-electron chi connectivity index (χ3n) is 4.46. The summed E-state index contributed by atoms with van der Waals surface area (Å²) in [6, 6.07) is 5.97. The van der Waals surface area contributed by atoms with Gasteiger partial charge in [0.1, 0.15) is 13.4 Å². The average molecular weight is 249 g/mol. The monoisotopic (exact) mass is 249 g/mol. The zero-order valence-electron chi connectivity index (χ0n) is 11.4. The van der Waals surface area contributed by atoms with Crippen LogP contribution in [0.3, 0.4) is 0 Å². The second kappa shape index (κ2) is 4.73. The lowest BCUT2D eigenvalue weighted by Gasteiger charge is -2.35. The zero-order valence-corrected chi connectivity index (χ0v) is 11.4. The summed E-state index contributed by atoms with van der Waals surface area (Å²) in [5.74, 6) is -0.144. The maximum absolute atomic E-state index is 6.41. The molecule has 4 heteroatoms. The fraction of sp³-hybridized carbons (Fsp3) is 0.533. The van der Waals surface area contributed by atoms with E-state index in [1.54, 1.807) is 0 Å². The van der Waals surface area contributed by atoms with Crippen LogP contribution in [0.15, 0.2) is 23.4 Å². The minimum Gasteiger partial charge on any atom is -0.389 e. The van der Waals surface area contributed by atoms with Gasteiger partial charge in [0.05, 0.1) is 13.6 Å². The van der Waals surface area contributed by atoms with Crippen LogP contribution in [0.25, 0.3) is 0 Å². The molecule has 0 N–H and O–H groups in total. The number of rotatable bonds is 1. The van der Waals surface area contributed by atoms with Gasteiger partial charge in [-0.05, 0) is 38.2 Å². The van der Waals surface area contributed by atoms with E-state index >= 15 is 0 Å². The highest BCUT2D eigenvalue weighted by atomic mass is 16.7. The molecule has 1 fully saturated rings. The van der Waals surface area contributed by atoms with Gasteiger partial charge in [0.15, 0.2) is 0 Å². The minimum absolute atomic E-state index is 0.144. The molecule has 2 aliphatic rings. The predicted molar refractivity (Wildman–Crippen MR) is 79.5 cm³/mol. The standard InChI is InChI=1S/C15H17B2NO/c1-10-5-6-11(9-12(10)16)13-14(17)15(19-18-13)7-3-2-4-8-15/h5-6,9,14H,2-4,7-8H2,1H3. The van der Waals surface area contributed by atoms with Gasteiger partial charge in [-0.15, -0.1) is 0 Å². The Morgan fingerprint density at radius 2 is 2.00 bits per heavy atom. The van der Waals surface area contributed by atoms with Crippen LogP contribution in [0.5, 0.6) is 0 Å². The predicted octanol–water partition coefficient (Wildman–Crippen LogP) is 2.18. The van der Waals surface area contributed by atoms with Crippen LogP contribution in [-0.4, -0.2) is 27.0 Å². The second-order valence-electron chi connectivity index (χ2n) is 5.74. The first-order chi connectivity index (χ1) is 9.12. The summed E-state index contributed by atoms with van der Waals surface area (Å²) < 4.78 is 0. The van der Waals surface area contributed by atoms with Crippen LogP contribution in [0, 0.1) is 6.92 Å². The van der Waals surface area contributed by atoms with Gasteiger partial charge in [0, 0.05) is 5.82 Å². The van der Waals surface area contributed by atoms with Crippen molar-refractivity contribution in [2.75, 3.05) is 0 Å². The van der Waals surface area contributed by atoms with Gasteiger partial charge in [-0.3, -0.25) is 0 Å². The number of benzene rings is 1. The van der Waals surface area contributed by atoms with Crippen molar-refractivity contribution < 1.29 is 4.84 Å². The third kappa shape index (κ3) is 2.11. The molecule has 1 aliphatic carbocycles. The molecule has 0 aromatic heterocycles. The molecule has 1 aromatic rings. The second-order valence-corrected chi connectivity index (χ2v) is 5.74. The maximum Gasteiger partial charge on any atom is 0.138 e. The van der Waals surface area contributed by atoms with E-state index in [0.717, 1.165) is 35.1 Å². The fourth-order valence-electron chi connectivity index (χ4n) is 3.09. The van der Waals surface area contributed by atoms with Gasteiger partial charge in [-0.2, -0.15) is 0 Å². The van der Waals surface area contributed by atoms with Crippen molar-refractivity contribution in [3.63, 3.8) is 0 Å². The largest absolute Gasteiger partial charge is 0.389 e. The molecule has 94 valence electrons. The fourth-order valence-corrected chi connectivity index (χ4v) is 3.09. The Labute approximate surface area is 117 Å². The number of hydrogen-bond donors (Lipinski definition) is 0. The molecule has 1 unspecified atom stereocenters. The van der Waals surface area contributed by atoms with E-state index in [2.05, 4.69) is 5.16 Å². The topological polar surface area (TPSA) is 21.6 Å². The Balaban J connectivity index is 1.88. The maximum atomic E-state index is 6.41. The number of nitrogens with zero attached hydrogens (tertiary/aromatic N) is 1. The number of hydrogen-bond acceptors (Lipinski definition) is 2. The highest BCUT2D eigenvalue weighted by Gasteiger charge is 2.46. The van der Waals surface area contributed by atoms with Gasteiger partial charge >= 0.3 is 0 Å². The molecule has 3 rings (SSSR count). The smallest absolute Gasteiger partial charge is 0.138 e. The molecule has 1 saturated carbocycles. The summed E-state index contributed by atoms with van der Waals surface area (Å²) in [7, 11) is 12.4. The van der Waals surface area contributed by atoms with Crippen molar-refractivity contribution in [3.8, 4) is 0 Å². The van der Waals surface area contributed by atoms with Gasteiger partial charge < -0.3 is 4.84 Å². The normalized spacial score (nSPS) is 25.1. The Kier molecular flexibility index (Phi) is 3.20. The Hall–Kier alpha value is -1.18. The van der Waals surface area contributed by atoms with Crippen molar-refractivity contribution in [3.05, 3.63) is 29.3 Å². The first-order valence-electron chi connectivity index (χ1n) is 7.00. The molecular formula is C15H17B2NO. The molecule has 2 nitrogen and oxygen atoms in total. The van der Waals surface area contributed by atoms with Gasteiger partial charge in [-0.25, -0.2) is 0 Å².